The molecule has 0 spiro atoms. The van der Waals surface area contributed by atoms with Crippen molar-refractivity contribution in [3.63, 3.8) is 0 Å². The van der Waals surface area contributed by atoms with Gasteiger partial charge in [-0.1, -0.05) is 41.5 Å². The molecule has 0 aromatic rings. The first-order chi connectivity index (χ1) is 10.7. The summed E-state index contributed by atoms with van der Waals surface area (Å²) < 4.78 is 0. The quantitative estimate of drug-likeness (QED) is 0.450. The van der Waals surface area contributed by atoms with Crippen molar-refractivity contribution in [3.05, 3.63) is 0 Å². The number of hydrogen-bond acceptors (Lipinski definition) is 4. The number of aliphatic hydroxyl groups excluding tert-OH is 2. The summed E-state index contributed by atoms with van der Waals surface area (Å²) in [6.07, 6.45) is 0.710. The standard InChI is InChI=1S/C17H34N2O4/c1-7-17(8-2,15(22)18-13(9-20)11(3)4)16(23)19-14(10-21)12(5)6/h11-14,20-21H,7-10H2,1-6H3,(H,18,22)(H,19,23)/t13-,14-/m1/s1. The van der Waals surface area contributed by atoms with Crippen molar-refractivity contribution in [1.82, 2.24) is 10.6 Å². The maximum absolute atomic E-state index is 12.7. The van der Waals surface area contributed by atoms with Gasteiger partial charge in [0, 0.05) is 0 Å². The second kappa shape index (κ2) is 9.88. The molecule has 0 aliphatic carbocycles. The maximum Gasteiger partial charge on any atom is 0.235 e. The molecule has 0 fully saturated rings. The first-order valence-electron chi connectivity index (χ1n) is 8.53. The summed E-state index contributed by atoms with van der Waals surface area (Å²) >= 11 is 0. The second-order valence-electron chi connectivity index (χ2n) is 6.80. The molecule has 4 N–H and O–H groups in total. The Morgan fingerprint density at radius 3 is 1.30 bits per heavy atom. The summed E-state index contributed by atoms with van der Waals surface area (Å²) in [6.45, 7) is 10.9. The minimum atomic E-state index is -1.19. The van der Waals surface area contributed by atoms with Crippen molar-refractivity contribution in [2.24, 2.45) is 17.3 Å². The number of hydrogen-bond donors (Lipinski definition) is 4. The van der Waals surface area contributed by atoms with Crippen LogP contribution in [-0.2, 0) is 9.59 Å². The monoisotopic (exact) mass is 330 g/mol. The van der Waals surface area contributed by atoms with Crippen LogP contribution in [0.4, 0.5) is 0 Å². The number of carbonyl (C=O) groups excluding carboxylic acids is 2. The lowest BCUT2D eigenvalue weighted by Gasteiger charge is -2.33. The highest BCUT2D eigenvalue weighted by Gasteiger charge is 2.44. The van der Waals surface area contributed by atoms with Crippen LogP contribution in [0.2, 0.25) is 0 Å². The summed E-state index contributed by atoms with van der Waals surface area (Å²) in [7, 11) is 0. The Morgan fingerprint density at radius 1 is 0.826 bits per heavy atom. The zero-order chi connectivity index (χ0) is 18.2. The molecule has 2 atom stereocenters. The van der Waals surface area contributed by atoms with Crippen LogP contribution >= 0.6 is 0 Å². The van der Waals surface area contributed by atoms with Gasteiger partial charge in [-0.15, -0.1) is 0 Å². The molecular formula is C17H34N2O4. The lowest BCUT2D eigenvalue weighted by molar-refractivity contribution is -0.146. The molecular weight excluding hydrogens is 296 g/mol. The smallest absolute Gasteiger partial charge is 0.235 e. The topological polar surface area (TPSA) is 98.7 Å². The summed E-state index contributed by atoms with van der Waals surface area (Å²) in [6, 6.07) is -0.766. The van der Waals surface area contributed by atoms with E-state index in [0.29, 0.717) is 12.8 Å². The van der Waals surface area contributed by atoms with Crippen LogP contribution in [0.15, 0.2) is 0 Å². The molecule has 0 aliphatic rings. The minimum absolute atomic E-state index is 0.0688. The van der Waals surface area contributed by atoms with Gasteiger partial charge in [0.05, 0.1) is 25.3 Å². The molecule has 6 heteroatoms. The van der Waals surface area contributed by atoms with Crippen LogP contribution in [0.3, 0.4) is 0 Å². The predicted molar refractivity (Wildman–Crippen MR) is 90.7 cm³/mol. The van der Waals surface area contributed by atoms with Gasteiger partial charge in [-0.3, -0.25) is 9.59 Å². The van der Waals surface area contributed by atoms with E-state index in [-0.39, 0.29) is 48.9 Å². The van der Waals surface area contributed by atoms with E-state index in [1.165, 1.54) is 0 Å². The molecule has 0 saturated heterocycles. The highest BCUT2D eigenvalue weighted by Crippen LogP contribution is 2.28. The number of aliphatic hydroxyl groups is 2. The SMILES string of the molecule is CCC(CC)(C(=O)N[C@H](CO)C(C)C)C(=O)N[C@H](CO)C(C)C. The van der Waals surface area contributed by atoms with Crippen LogP contribution in [0.5, 0.6) is 0 Å². The molecule has 0 rings (SSSR count). The molecule has 2 amide bonds. The summed E-state index contributed by atoms with van der Waals surface area (Å²) in [5.74, 6) is -0.597. The van der Waals surface area contributed by atoms with Gasteiger partial charge in [0.2, 0.25) is 11.8 Å². The number of rotatable bonds is 10. The number of amides is 2. The van der Waals surface area contributed by atoms with Gasteiger partial charge in [0.25, 0.3) is 0 Å². The number of carbonyl (C=O) groups is 2. The highest BCUT2D eigenvalue weighted by atomic mass is 16.3. The van der Waals surface area contributed by atoms with Gasteiger partial charge in [-0.25, -0.2) is 0 Å². The lowest BCUT2D eigenvalue weighted by atomic mass is 9.79. The third-order valence-electron chi connectivity index (χ3n) is 4.71. The highest BCUT2D eigenvalue weighted by molar-refractivity contribution is 6.05. The fourth-order valence-electron chi connectivity index (χ4n) is 2.45. The van der Waals surface area contributed by atoms with Gasteiger partial charge in [0.15, 0.2) is 0 Å². The maximum atomic E-state index is 12.7. The lowest BCUT2D eigenvalue weighted by Crippen LogP contribution is -2.57. The van der Waals surface area contributed by atoms with Crippen LogP contribution in [-0.4, -0.2) is 47.3 Å². The predicted octanol–water partition coefficient (Wildman–Crippen LogP) is 1.06. The van der Waals surface area contributed by atoms with E-state index in [2.05, 4.69) is 10.6 Å². The third-order valence-corrected chi connectivity index (χ3v) is 4.71. The molecule has 0 aromatic carbocycles. The average Bonchev–Trinajstić information content (AvgIpc) is 2.51. The molecule has 23 heavy (non-hydrogen) atoms. The Kier molecular flexibility index (Phi) is 9.39. The fourth-order valence-corrected chi connectivity index (χ4v) is 2.45. The van der Waals surface area contributed by atoms with Gasteiger partial charge in [0.1, 0.15) is 5.41 Å². The first-order valence-corrected chi connectivity index (χ1v) is 8.53. The number of nitrogens with one attached hydrogen (secondary N) is 2. The van der Waals surface area contributed by atoms with E-state index in [4.69, 9.17) is 0 Å². The third kappa shape index (κ3) is 5.46. The second-order valence-corrected chi connectivity index (χ2v) is 6.80. The normalized spacial score (nSPS) is 14.7. The molecule has 0 radical (unpaired) electrons. The fraction of sp³-hybridized carbons (Fsp3) is 0.882. The van der Waals surface area contributed by atoms with E-state index in [9.17, 15) is 19.8 Å². The van der Waals surface area contributed by atoms with Crippen LogP contribution < -0.4 is 10.6 Å². The van der Waals surface area contributed by atoms with Crippen molar-refractivity contribution < 1.29 is 19.8 Å². The van der Waals surface area contributed by atoms with Gasteiger partial charge in [-0.2, -0.15) is 0 Å². The molecule has 0 unspecified atom stereocenters. The van der Waals surface area contributed by atoms with Crippen molar-refractivity contribution in [2.75, 3.05) is 13.2 Å². The van der Waals surface area contributed by atoms with E-state index in [1.54, 1.807) is 13.8 Å². The molecule has 0 aliphatic heterocycles. The zero-order valence-corrected chi connectivity index (χ0v) is 15.3. The van der Waals surface area contributed by atoms with Crippen molar-refractivity contribution >= 4 is 11.8 Å². The zero-order valence-electron chi connectivity index (χ0n) is 15.3. The van der Waals surface area contributed by atoms with Crippen LogP contribution in [0, 0.1) is 17.3 Å². The Balaban J connectivity index is 5.31. The van der Waals surface area contributed by atoms with Gasteiger partial charge >= 0.3 is 0 Å². The summed E-state index contributed by atoms with van der Waals surface area (Å²) in [5.41, 5.74) is -1.19. The van der Waals surface area contributed by atoms with Crippen molar-refractivity contribution in [1.29, 1.82) is 0 Å². The Labute approximate surface area is 140 Å². The Hall–Kier alpha value is -1.14. The van der Waals surface area contributed by atoms with Gasteiger partial charge in [-0.05, 0) is 24.7 Å². The Morgan fingerprint density at radius 2 is 1.13 bits per heavy atom. The summed E-state index contributed by atoms with van der Waals surface area (Å²) in [4.78, 5) is 25.5. The molecule has 0 aromatic heterocycles. The van der Waals surface area contributed by atoms with Crippen molar-refractivity contribution in [2.45, 2.75) is 66.5 Å². The first kappa shape index (κ1) is 21.9. The van der Waals surface area contributed by atoms with Crippen LogP contribution in [0.25, 0.3) is 0 Å². The van der Waals surface area contributed by atoms with Crippen LogP contribution in [0.1, 0.15) is 54.4 Å². The largest absolute Gasteiger partial charge is 0.394 e. The van der Waals surface area contributed by atoms with E-state index in [1.807, 2.05) is 27.7 Å². The van der Waals surface area contributed by atoms with E-state index < -0.39 is 5.41 Å². The van der Waals surface area contributed by atoms with E-state index in [0.717, 1.165) is 0 Å². The molecule has 0 saturated carbocycles. The van der Waals surface area contributed by atoms with Crippen molar-refractivity contribution in [3.8, 4) is 0 Å². The summed E-state index contributed by atoms with van der Waals surface area (Å²) in [5, 5.41) is 24.4. The molecule has 0 heterocycles. The molecule has 0 bridgehead atoms. The minimum Gasteiger partial charge on any atom is -0.394 e. The van der Waals surface area contributed by atoms with Gasteiger partial charge < -0.3 is 20.8 Å². The Bertz CT molecular complexity index is 347. The van der Waals surface area contributed by atoms with E-state index >= 15 is 0 Å². The molecule has 136 valence electrons. The molecule has 6 nitrogen and oxygen atoms in total. The average molecular weight is 330 g/mol.